The molecule has 1 heterocycles. The van der Waals surface area contributed by atoms with Crippen molar-refractivity contribution in [1.82, 2.24) is 9.62 Å². The summed E-state index contributed by atoms with van der Waals surface area (Å²) in [6.45, 7) is 2.74. The van der Waals surface area contributed by atoms with Crippen molar-refractivity contribution < 1.29 is 17.6 Å². The maximum atomic E-state index is 11.8. The van der Waals surface area contributed by atoms with Gasteiger partial charge >= 0.3 is 0 Å². The third kappa shape index (κ3) is 4.31. The van der Waals surface area contributed by atoms with Gasteiger partial charge in [0.1, 0.15) is 5.76 Å². The number of hydrogen-bond acceptors (Lipinski definition) is 5. The summed E-state index contributed by atoms with van der Waals surface area (Å²) in [6.07, 6.45) is 2.59. The summed E-state index contributed by atoms with van der Waals surface area (Å²) < 4.78 is 35.6. The summed E-state index contributed by atoms with van der Waals surface area (Å²) >= 11 is 0. The molecule has 0 unspecified atom stereocenters. The summed E-state index contributed by atoms with van der Waals surface area (Å²) in [7, 11) is -0.525. The molecular formula is C13H22N2O4S. The SMILES string of the molecule is CN(C)S(=O)(=O)c1ccc(CNCCOCC2CC2)o1. The van der Waals surface area contributed by atoms with Gasteiger partial charge in [-0.25, -0.2) is 12.7 Å². The smallest absolute Gasteiger partial charge is 0.275 e. The molecule has 1 aromatic rings. The number of hydrogen-bond donors (Lipinski definition) is 1. The number of sulfonamides is 1. The molecule has 2 rings (SSSR count). The van der Waals surface area contributed by atoms with E-state index >= 15 is 0 Å². The maximum absolute atomic E-state index is 11.8. The van der Waals surface area contributed by atoms with Crippen molar-refractivity contribution in [2.75, 3.05) is 33.9 Å². The van der Waals surface area contributed by atoms with Gasteiger partial charge in [0.25, 0.3) is 10.0 Å². The molecule has 1 fully saturated rings. The molecule has 0 bridgehead atoms. The van der Waals surface area contributed by atoms with E-state index in [0.29, 0.717) is 18.9 Å². The summed E-state index contributed by atoms with van der Waals surface area (Å²) in [5.41, 5.74) is 0. The molecule has 0 aromatic carbocycles. The number of rotatable bonds is 9. The van der Waals surface area contributed by atoms with Crippen LogP contribution < -0.4 is 5.32 Å². The van der Waals surface area contributed by atoms with Crippen LogP contribution in [0.5, 0.6) is 0 Å². The van der Waals surface area contributed by atoms with E-state index in [2.05, 4.69) is 5.32 Å². The molecule has 20 heavy (non-hydrogen) atoms. The van der Waals surface area contributed by atoms with Gasteiger partial charge in [-0.3, -0.25) is 0 Å². The van der Waals surface area contributed by atoms with E-state index in [1.807, 2.05) is 0 Å². The number of furan rings is 1. The lowest BCUT2D eigenvalue weighted by Gasteiger charge is -2.08. The molecule has 0 saturated heterocycles. The van der Waals surface area contributed by atoms with Gasteiger partial charge in [-0.2, -0.15) is 0 Å². The second-order valence-corrected chi connectivity index (χ2v) is 7.29. The average Bonchev–Trinajstić information content (AvgIpc) is 3.09. The van der Waals surface area contributed by atoms with Crippen LogP contribution in [0, 0.1) is 5.92 Å². The minimum atomic E-state index is -3.48. The quantitative estimate of drug-likeness (QED) is 0.690. The Labute approximate surface area is 120 Å². The lowest BCUT2D eigenvalue weighted by atomic mass is 10.4. The molecule has 0 amide bonds. The minimum absolute atomic E-state index is 0.0238. The summed E-state index contributed by atoms with van der Waals surface area (Å²) in [6, 6.07) is 3.16. The van der Waals surface area contributed by atoms with Gasteiger partial charge in [0, 0.05) is 27.2 Å². The lowest BCUT2D eigenvalue weighted by Crippen LogP contribution is -2.21. The Bertz CT molecular complexity index is 520. The molecule has 7 heteroatoms. The van der Waals surface area contributed by atoms with Gasteiger partial charge in [0.05, 0.1) is 13.2 Å². The zero-order chi connectivity index (χ0) is 14.6. The Hall–Kier alpha value is -0.890. The molecule has 1 aliphatic carbocycles. The van der Waals surface area contributed by atoms with Gasteiger partial charge in [-0.05, 0) is 30.9 Å². The first-order valence-electron chi connectivity index (χ1n) is 6.80. The largest absolute Gasteiger partial charge is 0.447 e. The molecule has 0 aliphatic heterocycles. The average molecular weight is 302 g/mol. The first-order chi connectivity index (χ1) is 9.50. The standard InChI is InChI=1S/C13H22N2O4S/c1-15(2)20(16,17)13-6-5-12(19-13)9-14-7-8-18-10-11-3-4-11/h5-6,11,14H,3-4,7-10H2,1-2H3. The van der Waals surface area contributed by atoms with Crippen molar-refractivity contribution >= 4 is 10.0 Å². The Morgan fingerprint density at radius 3 is 2.80 bits per heavy atom. The molecule has 0 atom stereocenters. The van der Waals surface area contributed by atoms with E-state index in [1.165, 1.54) is 33.0 Å². The number of ether oxygens (including phenoxy) is 1. The van der Waals surface area contributed by atoms with E-state index < -0.39 is 10.0 Å². The minimum Gasteiger partial charge on any atom is -0.447 e. The van der Waals surface area contributed by atoms with Gasteiger partial charge in [0.2, 0.25) is 5.09 Å². The Kier molecular flexibility index (Phi) is 5.20. The van der Waals surface area contributed by atoms with Crippen LogP contribution in [0.3, 0.4) is 0 Å². The number of nitrogens with zero attached hydrogens (tertiary/aromatic N) is 1. The van der Waals surface area contributed by atoms with Crippen LogP contribution in [0.15, 0.2) is 21.6 Å². The fraction of sp³-hybridized carbons (Fsp3) is 0.692. The summed E-state index contributed by atoms with van der Waals surface area (Å²) in [4.78, 5) is 0. The van der Waals surface area contributed by atoms with Crippen molar-refractivity contribution in [2.45, 2.75) is 24.5 Å². The third-order valence-electron chi connectivity index (χ3n) is 3.14. The van der Waals surface area contributed by atoms with Crippen LogP contribution >= 0.6 is 0 Å². The van der Waals surface area contributed by atoms with E-state index in [1.54, 1.807) is 6.07 Å². The van der Waals surface area contributed by atoms with Crippen LogP contribution in [0.2, 0.25) is 0 Å². The fourth-order valence-corrected chi connectivity index (χ4v) is 2.47. The molecule has 6 nitrogen and oxygen atoms in total. The molecule has 0 spiro atoms. The van der Waals surface area contributed by atoms with Crippen molar-refractivity contribution in [3.63, 3.8) is 0 Å². The van der Waals surface area contributed by atoms with Crippen molar-refractivity contribution in [1.29, 1.82) is 0 Å². The van der Waals surface area contributed by atoms with Crippen LogP contribution in [0.25, 0.3) is 0 Å². The molecule has 1 aliphatic rings. The predicted molar refractivity (Wildman–Crippen MR) is 74.8 cm³/mol. The first kappa shape index (κ1) is 15.5. The Morgan fingerprint density at radius 2 is 2.15 bits per heavy atom. The van der Waals surface area contributed by atoms with Crippen LogP contribution in [0.4, 0.5) is 0 Å². The molecule has 1 N–H and O–H groups in total. The van der Waals surface area contributed by atoms with Crippen molar-refractivity contribution in [3.05, 3.63) is 17.9 Å². The number of nitrogens with one attached hydrogen (secondary N) is 1. The molecule has 114 valence electrons. The molecular weight excluding hydrogens is 280 g/mol. The van der Waals surface area contributed by atoms with Crippen molar-refractivity contribution in [3.8, 4) is 0 Å². The fourth-order valence-electron chi connectivity index (χ4n) is 1.66. The van der Waals surface area contributed by atoms with Crippen LogP contribution in [0.1, 0.15) is 18.6 Å². The summed E-state index contributed by atoms with van der Waals surface area (Å²) in [5.74, 6) is 1.38. The topological polar surface area (TPSA) is 71.8 Å². The van der Waals surface area contributed by atoms with Gasteiger partial charge < -0.3 is 14.5 Å². The Morgan fingerprint density at radius 1 is 1.40 bits per heavy atom. The molecule has 0 radical (unpaired) electrons. The molecule has 1 aromatic heterocycles. The lowest BCUT2D eigenvalue weighted by molar-refractivity contribution is 0.125. The van der Waals surface area contributed by atoms with E-state index in [4.69, 9.17) is 9.15 Å². The second-order valence-electron chi connectivity index (χ2n) is 5.20. The zero-order valence-electron chi connectivity index (χ0n) is 12.0. The molecule has 1 saturated carbocycles. The zero-order valence-corrected chi connectivity index (χ0v) is 12.8. The van der Waals surface area contributed by atoms with E-state index in [-0.39, 0.29) is 5.09 Å². The van der Waals surface area contributed by atoms with Crippen LogP contribution in [-0.4, -0.2) is 46.6 Å². The van der Waals surface area contributed by atoms with E-state index in [0.717, 1.165) is 23.4 Å². The van der Waals surface area contributed by atoms with Gasteiger partial charge in [0.15, 0.2) is 0 Å². The highest BCUT2D eigenvalue weighted by atomic mass is 32.2. The van der Waals surface area contributed by atoms with Crippen molar-refractivity contribution in [2.24, 2.45) is 5.92 Å². The monoisotopic (exact) mass is 302 g/mol. The second kappa shape index (κ2) is 6.71. The maximum Gasteiger partial charge on any atom is 0.275 e. The van der Waals surface area contributed by atoms with E-state index in [9.17, 15) is 8.42 Å². The third-order valence-corrected chi connectivity index (χ3v) is 4.83. The predicted octanol–water partition coefficient (Wildman–Crippen LogP) is 1.05. The normalized spacial score (nSPS) is 15.9. The Balaban J connectivity index is 1.69. The van der Waals surface area contributed by atoms with Gasteiger partial charge in [-0.1, -0.05) is 0 Å². The summed E-state index contributed by atoms with van der Waals surface area (Å²) in [5, 5.41) is 3.14. The highest BCUT2D eigenvalue weighted by Gasteiger charge is 2.22. The van der Waals surface area contributed by atoms with Crippen LogP contribution in [-0.2, 0) is 21.3 Å². The highest BCUT2D eigenvalue weighted by Crippen LogP contribution is 2.28. The van der Waals surface area contributed by atoms with Gasteiger partial charge in [-0.15, -0.1) is 0 Å². The highest BCUT2D eigenvalue weighted by molar-refractivity contribution is 7.88. The first-order valence-corrected chi connectivity index (χ1v) is 8.24.